The van der Waals surface area contributed by atoms with Crippen molar-refractivity contribution in [3.63, 3.8) is 0 Å². The van der Waals surface area contributed by atoms with Crippen molar-refractivity contribution in [2.24, 2.45) is 0 Å². The zero-order valence-corrected chi connectivity index (χ0v) is 13.0. The molecule has 1 N–H and O–H groups in total. The maximum Gasteiger partial charge on any atom is 0.153 e. The number of hydrogen-bond donors (Lipinski definition) is 1. The van der Waals surface area contributed by atoms with Gasteiger partial charge in [-0.2, -0.15) is 5.10 Å². The van der Waals surface area contributed by atoms with Gasteiger partial charge in [0.2, 0.25) is 0 Å². The Hall–Kier alpha value is -1.39. The summed E-state index contributed by atoms with van der Waals surface area (Å²) in [5.41, 5.74) is 2.32. The lowest BCUT2D eigenvalue weighted by atomic mass is 10.1. The number of hydrogen-bond acceptors (Lipinski definition) is 3. The first-order chi connectivity index (χ1) is 9.58. The Bertz CT molecular complexity index is 563. The standard InChI is InChI=1S/C15H21ClN4/c1-4-5-14-6-12(8-17-11(2)3)7-15(19-14)20-10-13(16)9-18-20/h6-7,9-11,17H,4-5,8H2,1-3H3. The van der Waals surface area contributed by atoms with Crippen molar-refractivity contribution < 1.29 is 0 Å². The van der Waals surface area contributed by atoms with E-state index >= 15 is 0 Å². The number of pyridine rings is 1. The molecule has 0 aliphatic heterocycles. The summed E-state index contributed by atoms with van der Waals surface area (Å²) in [5, 5.41) is 8.28. The highest BCUT2D eigenvalue weighted by atomic mass is 35.5. The van der Waals surface area contributed by atoms with Crippen LogP contribution in [0.1, 0.15) is 38.4 Å². The molecule has 0 saturated heterocycles. The molecule has 2 aromatic heterocycles. The van der Waals surface area contributed by atoms with Crippen molar-refractivity contribution in [3.8, 4) is 5.82 Å². The summed E-state index contributed by atoms with van der Waals surface area (Å²) in [5.74, 6) is 0.823. The molecule has 20 heavy (non-hydrogen) atoms. The van der Waals surface area contributed by atoms with E-state index in [-0.39, 0.29) is 0 Å². The van der Waals surface area contributed by atoms with E-state index in [1.807, 2.05) is 0 Å². The maximum absolute atomic E-state index is 5.93. The van der Waals surface area contributed by atoms with Crippen LogP contribution in [0.2, 0.25) is 5.02 Å². The molecule has 0 amide bonds. The monoisotopic (exact) mass is 292 g/mol. The SMILES string of the molecule is CCCc1cc(CNC(C)C)cc(-n2cc(Cl)cn2)n1. The first-order valence-electron chi connectivity index (χ1n) is 7.02. The minimum absolute atomic E-state index is 0.459. The number of halogens is 1. The van der Waals surface area contributed by atoms with Gasteiger partial charge < -0.3 is 5.32 Å². The average molecular weight is 293 g/mol. The fourth-order valence-corrected chi connectivity index (χ4v) is 2.12. The van der Waals surface area contributed by atoms with Crippen LogP contribution in [-0.2, 0) is 13.0 Å². The van der Waals surface area contributed by atoms with Gasteiger partial charge in [0, 0.05) is 18.3 Å². The highest BCUT2D eigenvalue weighted by Gasteiger charge is 2.06. The summed E-state index contributed by atoms with van der Waals surface area (Å²) < 4.78 is 1.72. The van der Waals surface area contributed by atoms with Crippen LogP contribution in [0.25, 0.3) is 5.82 Å². The molecule has 0 saturated carbocycles. The Morgan fingerprint density at radius 2 is 2.15 bits per heavy atom. The molecule has 4 nitrogen and oxygen atoms in total. The molecular weight excluding hydrogens is 272 g/mol. The van der Waals surface area contributed by atoms with Gasteiger partial charge in [-0.1, -0.05) is 38.8 Å². The smallest absolute Gasteiger partial charge is 0.153 e. The molecule has 108 valence electrons. The van der Waals surface area contributed by atoms with Crippen molar-refractivity contribution in [2.45, 2.75) is 46.2 Å². The van der Waals surface area contributed by atoms with Gasteiger partial charge in [-0.05, 0) is 24.1 Å². The minimum atomic E-state index is 0.459. The van der Waals surface area contributed by atoms with E-state index in [1.54, 1.807) is 17.1 Å². The van der Waals surface area contributed by atoms with Crippen molar-refractivity contribution in [3.05, 3.63) is 40.8 Å². The lowest BCUT2D eigenvalue weighted by Gasteiger charge is -2.11. The van der Waals surface area contributed by atoms with E-state index in [1.165, 1.54) is 5.56 Å². The van der Waals surface area contributed by atoms with Crippen molar-refractivity contribution in [1.82, 2.24) is 20.1 Å². The number of nitrogens with zero attached hydrogens (tertiary/aromatic N) is 3. The fourth-order valence-electron chi connectivity index (χ4n) is 1.98. The van der Waals surface area contributed by atoms with Crippen molar-refractivity contribution >= 4 is 11.6 Å². The quantitative estimate of drug-likeness (QED) is 0.887. The lowest BCUT2D eigenvalue weighted by molar-refractivity contribution is 0.587. The van der Waals surface area contributed by atoms with Crippen LogP contribution in [0.15, 0.2) is 24.5 Å². The topological polar surface area (TPSA) is 42.7 Å². The largest absolute Gasteiger partial charge is 0.310 e. The van der Waals surface area contributed by atoms with E-state index in [0.29, 0.717) is 11.1 Å². The molecule has 2 aromatic rings. The Labute approximate surface area is 125 Å². The Kier molecular flexibility index (Phi) is 5.15. The Morgan fingerprint density at radius 3 is 2.75 bits per heavy atom. The number of rotatable bonds is 6. The molecule has 0 radical (unpaired) electrons. The van der Waals surface area contributed by atoms with Crippen LogP contribution in [0.5, 0.6) is 0 Å². The molecule has 0 aliphatic carbocycles. The number of nitrogens with one attached hydrogen (secondary N) is 1. The van der Waals surface area contributed by atoms with Crippen LogP contribution in [0.4, 0.5) is 0 Å². The third kappa shape index (κ3) is 4.05. The Morgan fingerprint density at radius 1 is 1.35 bits per heavy atom. The molecule has 0 fully saturated rings. The molecule has 5 heteroatoms. The molecule has 2 heterocycles. The van der Waals surface area contributed by atoms with E-state index < -0.39 is 0 Å². The second kappa shape index (κ2) is 6.86. The van der Waals surface area contributed by atoms with Crippen molar-refractivity contribution in [2.75, 3.05) is 0 Å². The average Bonchev–Trinajstić information content (AvgIpc) is 2.83. The number of aryl methyl sites for hydroxylation is 1. The minimum Gasteiger partial charge on any atom is -0.310 e. The fraction of sp³-hybridized carbons (Fsp3) is 0.467. The van der Waals surface area contributed by atoms with Gasteiger partial charge >= 0.3 is 0 Å². The molecule has 2 rings (SSSR count). The van der Waals surface area contributed by atoms with Gasteiger partial charge in [0.15, 0.2) is 5.82 Å². The van der Waals surface area contributed by atoms with Crippen LogP contribution in [0, 0.1) is 0 Å². The van der Waals surface area contributed by atoms with Gasteiger partial charge in [0.05, 0.1) is 17.4 Å². The first kappa shape index (κ1) is 15.0. The molecule has 0 spiro atoms. The normalized spacial score (nSPS) is 11.2. The Balaban J connectivity index is 2.30. The van der Waals surface area contributed by atoms with Crippen LogP contribution < -0.4 is 5.32 Å². The summed E-state index contributed by atoms with van der Waals surface area (Å²) in [6.45, 7) is 7.27. The summed E-state index contributed by atoms with van der Waals surface area (Å²) in [6, 6.07) is 4.67. The molecule has 0 aliphatic rings. The van der Waals surface area contributed by atoms with E-state index in [0.717, 1.165) is 30.9 Å². The summed E-state index contributed by atoms with van der Waals surface area (Å²) in [6.07, 6.45) is 5.45. The molecule has 0 bridgehead atoms. The van der Waals surface area contributed by atoms with Crippen LogP contribution >= 0.6 is 11.6 Å². The second-order valence-corrected chi connectivity index (χ2v) is 5.65. The van der Waals surface area contributed by atoms with E-state index in [9.17, 15) is 0 Å². The van der Waals surface area contributed by atoms with Gasteiger partial charge in [0.1, 0.15) is 0 Å². The van der Waals surface area contributed by atoms with Gasteiger partial charge in [-0.3, -0.25) is 0 Å². The maximum atomic E-state index is 5.93. The summed E-state index contributed by atoms with van der Waals surface area (Å²) in [4.78, 5) is 4.65. The van der Waals surface area contributed by atoms with Crippen molar-refractivity contribution in [1.29, 1.82) is 0 Å². The first-order valence-corrected chi connectivity index (χ1v) is 7.40. The molecule has 0 unspecified atom stereocenters. The zero-order chi connectivity index (χ0) is 14.5. The summed E-state index contributed by atoms with van der Waals surface area (Å²) >= 11 is 5.93. The highest BCUT2D eigenvalue weighted by molar-refractivity contribution is 6.30. The zero-order valence-electron chi connectivity index (χ0n) is 12.2. The van der Waals surface area contributed by atoms with E-state index in [4.69, 9.17) is 11.6 Å². The third-order valence-corrected chi connectivity index (χ3v) is 3.13. The second-order valence-electron chi connectivity index (χ2n) is 5.21. The predicted molar refractivity (Wildman–Crippen MR) is 82.3 cm³/mol. The van der Waals surface area contributed by atoms with E-state index in [2.05, 4.69) is 48.3 Å². The molecule has 0 atom stereocenters. The van der Waals surface area contributed by atoms with Crippen LogP contribution in [0.3, 0.4) is 0 Å². The number of aromatic nitrogens is 3. The lowest BCUT2D eigenvalue weighted by Crippen LogP contribution is -2.22. The highest BCUT2D eigenvalue weighted by Crippen LogP contribution is 2.14. The predicted octanol–water partition coefficient (Wildman–Crippen LogP) is 3.37. The van der Waals surface area contributed by atoms with Crippen LogP contribution in [-0.4, -0.2) is 20.8 Å². The van der Waals surface area contributed by atoms with Gasteiger partial charge in [-0.25, -0.2) is 9.67 Å². The third-order valence-electron chi connectivity index (χ3n) is 2.93. The summed E-state index contributed by atoms with van der Waals surface area (Å²) in [7, 11) is 0. The molecular formula is C15H21ClN4. The van der Waals surface area contributed by atoms with Gasteiger partial charge in [0.25, 0.3) is 0 Å². The molecule has 0 aromatic carbocycles. The van der Waals surface area contributed by atoms with Gasteiger partial charge in [-0.15, -0.1) is 0 Å².